The van der Waals surface area contributed by atoms with Crippen molar-refractivity contribution in [1.82, 2.24) is 0 Å². The number of rotatable bonds is 2. The zero-order valence-corrected chi connectivity index (χ0v) is 18.7. The molecule has 0 amide bonds. The van der Waals surface area contributed by atoms with Crippen molar-refractivity contribution in [3.63, 3.8) is 0 Å². The molecule has 0 saturated heterocycles. The van der Waals surface area contributed by atoms with Crippen LogP contribution in [0.25, 0.3) is 0 Å². The Bertz CT molecular complexity index is 385. The standard InChI is InChI=1S/C16H27Si.3ClH.Ti/c1-16(2,3)17(4,5)12-13-10-14-8-6-7-9-15(14)11-13;;;;/h10-11H,6-9,12H2,1-5H3;3*1H;/q-1;;;;+4/p-3. The molecule has 0 spiro atoms. The van der Waals surface area contributed by atoms with E-state index in [1.807, 2.05) is 0 Å². The van der Waals surface area contributed by atoms with E-state index in [1.54, 1.807) is 16.7 Å². The molecule has 1 aliphatic carbocycles. The smallest absolute Gasteiger partial charge is 1.00 e. The van der Waals surface area contributed by atoms with Crippen LogP contribution in [-0.2, 0) is 40.6 Å². The fourth-order valence-electron chi connectivity index (χ4n) is 2.65. The minimum atomic E-state index is -1.16. The fourth-order valence-corrected chi connectivity index (χ4v) is 4.40. The average molecular weight is 402 g/mol. The van der Waals surface area contributed by atoms with Gasteiger partial charge in [-0.3, -0.25) is 0 Å². The summed E-state index contributed by atoms with van der Waals surface area (Å²) in [6.07, 6.45) is 5.45. The van der Waals surface area contributed by atoms with E-state index in [4.69, 9.17) is 0 Å². The third kappa shape index (κ3) is 6.65. The van der Waals surface area contributed by atoms with Crippen LogP contribution in [0, 0.1) is 0 Å². The monoisotopic (exact) mass is 400 g/mol. The van der Waals surface area contributed by atoms with Crippen LogP contribution in [0.3, 0.4) is 0 Å². The van der Waals surface area contributed by atoms with Crippen molar-refractivity contribution in [3.05, 3.63) is 28.8 Å². The normalized spacial score (nSPS) is 13.8. The first-order valence-electron chi connectivity index (χ1n) is 7.07. The molecular weight excluding hydrogens is 374 g/mol. The maximum atomic E-state index is 2.54. The molecule has 2 rings (SSSR count). The first-order valence-corrected chi connectivity index (χ1v) is 10.3. The van der Waals surface area contributed by atoms with Crippen LogP contribution in [-0.4, -0.2) is 8.07 Å². The van der Waals surface area contributed by atoms with Crippen molar-refractivity contribution >= 4 is 8.07 Å². The Labute approximate surface area is 165 Å². The second kappa shape index (κ2) is 10.1. The molecule has 1 aromatic rings. The predicted octanol–water partition coefficient (Wildman–Crippen LogP) is -4.12. The van der Waals surface area contributed by atoms with Crippen LogP contribution in [0.2, 0.25) is 18.1 Å². The second-order valence-electron chi connectivity index (χ2n) is 7.43. The molecule has 0 radical (unpaired) electrons. The summed E-state index contributed by atoms with van der Waals surface area (Å²) < 4.78 is 0. The molecule has 120 valence electrons. The Kier molecular flexibility index (Phi) is 13.0. The van der Waals surface area contributed by atoms with E-state index in [0.717, 1.165) is 0 Å². The minimum Gasteiger partial charge on any atom is -1.00 e. The van der Waals surface area contributed by atoms with E-state index >= 15 is 0 Å². The number of halogens is 3. The first kappa shape index (κ1) is 27.0. The van der Waals surface area contributed by atoms with Crippen LogP contribution in [0.5, 0.6) is 0 Å². The zero-order chi connectivity index (χ0) is 12.7. The summed E-state index contributed by atoms with van der Waals surface area (Å²) in [7, 11) is -1.16. The molecule has 21 heavy (non-hydrogen) atoms. The van der Waals surface area contributed by atoms with E-state index in [2.05, 4.69) is 46.0 Å². The molecule has 0 atom stereocenters. The van der Waals surface area contributed by atoms with E-state index < -0.39 is 8.07 Å². The van der Waals surface area contributed by atoms with Gasteiger partial charge in [0.25, 0.3) is 0 Å². The largest absolute Gasteiger partial charge is 4.00 e. The Morgan fingerprint density at radius 1 is 1.05 bits per heavy atom. The maximum Gasteiger partial charge on any atom is 4.00 e. The SMILES string of the molecule is CC(C)(C)[Si](C)(C)Cc1cc2c([cH-]1)CCCC2.[Cl-].[Cl-].[Cl-].[Ti+4]. The molecule has 0 N–H and O–H groups in total. The van der Waals surface area contributed by atoms with Crippen molar-refractivity contribution < 1.29 is 58.9 Å². The van der Waals surface area contributed by atoms with Gasteiger partial charge in [-0.2, -0.15) is 22.8 Å². The summed E-state index contributed by atoms with van der Waals surface area (Å²) in [6.45, 7) is 12.3. The van der Waals surface area contributed by atoms with Gasteiger partial charge in [-0.05, 0) is 5.04 Å². The van der Waals surface area contributed by atoms with Gasteiger partial charge in [-0.25, -0.2) is 6.07 Å². The molecule has 0 bridgehead atoms. The zero-order valence-electron chi connectivity index (χ0n) is 13.8. The predicted molar refractivity (Wildman–Crippen MR) is 79.6 cm³/mol. The molecule has 0 unspecified atom stereocenters. The Hall–Kier alpha value is 1.15. The fraction of sp³-hybridized carbons (Fsp3) is 0.688. The number of aryl methyl sites for hydroxylation is 2. The summed E-state index contributed by atoms with van der Waals surface area (Å²) in [4.78, 5) is 0. The summed E-state index contributed by atoms with van der Waals surface area (Å²) in [5.74, 6) is 0. The van der Waals surface area contributed by atoms with Crippen molar-refractivity contribution in [2.75, 3.05) is 0 Å². The van der Waals surface area contributed by atoms with Crippen molar-refractivity contribution in [3.8, 4) is 0 Å². The van der Waals surface area contributed by atoms with Gasteiger partial charge in [-0.15, -0.1) is 0 Å². The molecule has 0 aromatic heterocycles. The van der Waals surface area contributed by atoms with Crippen LogP contribution in [0.1, 0.15) is 50.3 Å². The molecule has 0 aliphatic heterocycles. The number of hydrogen-bond donors (Lipinski definition) is 0. The van der Waals surface area contributed by atoms with Gasteiger partial charge in [0.2, 0.25) is 0 Å². The summed E-state index contributed by atoms with van der Waals surface area (Å²) in [6, 6.07) is 6.37. The van der Waals surface area contributed by atoms with E-state index in [-0.39, 0.29) is 58.9 Å². The molecule has 1 aromatic carbocycles. The third-order valence-corrected chi connectivity index (χ3v) is 10.3. The number of fused-ring (bicyclic) bond motifs is 1. The summed E-state index contributed by atoms with van der Waals surface area (Å²) in [5, 5.41) is 0.505. The van der Waals surface area contributed by atoms with Gasteiger partial charge < -0.3 is 37.2 Å². The van der Waals surface area contributed by atoms with E-state index in [0.29, 0.717) is 5.04 Å². The van der Waals surface area contributed by atoms with Crippen LogP contribution < -0.4 is 37.2 Å². The Morgan fingerprint density at radius 2 is 1.57 bits per heavy atom. The Balaban J connectivity index is -0.000000810. The summed E-state index contributed by atoms with van der Waals surface area (Å²) in [5.41, 5.74) is 4.94. The van der Waals surface area contributed by atoms with Crippen molar-refractivity contribution in [2.45, 2.75) is 70.6 Å². The third-order valence-electron chi connectivity index (χ3n) is 4.95. The van der Waals surface area contributed by atoms with Gasteiger partial charge in [0.05, 0.1) is 8.07 Å². The van der Waals surface area contributed by atoms with Crippen LogP contribution in [0.15, 0.2) is 12.1 Å². The molecule has 0 saturated carbocycles. The quantitative estimate of drug-likeness (QED) is 0.349. The maximum absolute atomic E-state index is 2.54. The van der Waals surface area contributed by atoms with Gasteiger partial charge in [0.15, 0.2) is 0 Å². The van der Waals surface area contributed by atoms with Gasteiger partial charge in [-0.1, -0.05) is 65.6 Å². The minimum absolute atomic E-state index is 0. The van der Waals surface area contributed by atoms with Crippen LogP contribution in [0.4, 0.5) is 0 Å². The number of hydrogen-bond acceptors (Lipinski definition) is 0. The van der Waals surface area contributed by atoms with Gasteiger partial charge >= 0.3 is 21.7 Å². The molecule has 0 nitrogen and oxygen atoms in total. The average Bonchev–Trinajstić information content (AvgIpc) is 2.56. The van der Waals surface area contributed by atoms with Crippen molar-refractivity contribution in [1.29, 1.82) is 0 Å². The molecule has 0 fully saturated rings. The summed E-state index contributed by atoms with van der Waals surface area (Å²) >= 11 is 0. The van der Waals surface area contributed by atoms with E-state index in [9.17, 15) is 0 Å². The van der Waals surface area contributed by atoms with E-state index in [1.165, 1.54) is 31.7 Å². The molecular formula is C16H27Cl3SiTi. The van der Waals surface area contributed by atoms with Crippen molar-refractivity contribution in [2.24, 2.45) is 0 Å². The molecule has 1 aliphatic rings. The van der Waals surface area contributed by atoms with Gasteiger partial charge in [0, 0.05) is 0 Å². The first-order chi connectivity index (χ1) is 7.79. The Morgan fingerprint density at radius 3 is 2.05 bits per heavy atom. The molecule has 5 heteroatoms. The van der Waals surface area contributed by atoms with Crippen LogP contribution >= 0.6 is 0 Å². The van der Waals surface area contributed by atoms with Gasteiger partial charge in [0.1, 0.15) is 0 Å². The molecule has 0 heterocycles. The topological polar surface area (TPSA) is 0 Å². The second-order valence-corrected chi connectivity index (χ2v) is 13.1.